The number of halogens is 2. The van der Waals surface area contributed by atoms with Gasteiger partial charge in [-0.15, -0.1) is 0 Å². The molecule has 0 spiro atoms. The second-order valence-corrected chi connectivity index (χ2v) is 3.95. The van der Waals surface area contributed by atoms with E-state index in [9.17, 15) is 4.39 Å². The van der Waals surface area contributed by atoms with Crippen molar-refractivity contribution in [2.75, 3.05) is 0 Å². The highest BCUT2D eigenvalue weighted by Gasteiger charge is 2.06. The van der Waals surface area contributed by atoms with Crippen LogP contribution in [0, 0.1) is 5.82 Å². The maximum absolute atomic E-state index is 13.0. The summed E-state index contributed by atoms with van der Waals surface area (Å²) in [6, 6.07) is 8.37. The van der Waals surface area contributed by atoms with Crippen LogP contribution in [0.3, 0.4) is 0 Å². The SMILES string of the molecule is NCc1ccc(-c2ccc(F)c(Br)c2)o1. The quantitative estimate of drug-likeness (QED) is 0.909. The van der Waals surface area contributed by atoms with Crippen LogP contribution in [0.5, 0.6) is 0 Å². The number of hydrogen-bond donors (Lipinski definition) is 1. The molecule has 1 aromatic carbocycles. The Morgan fingerprint density at radius 2 is 2.07 bits per heavy atom. The van der Waals surface area contributed by atoms with E-state index < -0.39 is 0 Å². The van der Waals surface area contributed by atoms with Crippen molar-refractivity contribution in [1.29, 1.82) is 0 Å². The van der Waals surface area contributed by atoms with Crippen LogP contribution in [-0.4, -0.2) is 0 Å². The van der Waals surface area contributed by atoms with E-state index >= 15 is 0 Å². The van der Waals surface area contributed by atoms with Crippen molar-refractivity contribution < 1.29 is 8.81 Å². The third kappa shape index (κ3) is 2.11. The number of nitrogens with two attached hydrogens (primary N) is 1. The van der Waals surface area contributed by atoms with E-state index in [1.807, 2.05) is 12.1 Å². The summed E-state index contributed by atoms with van der Waals surface area (Å²) in [4.78, 5) is 0. The van der Waals surface area contributed by atoms with Gasteiger partial charge in [-0.1, -0.05) is 0 Å². The van der Waals surface area contributed by atoms with Crippen molar-refractivity contribution in [2.24, 2.45) is 5.73 Å². The van der Waals surface area contributed by atoms with E-state index in [4.69, 9.17) is 10.2 Å². The highest BCUT2D eigenvalue weighted by Crippen LogP contribution is 2.26. The molecule has 0 saturated carbocycles. The summed E-state index contributed by atoms with van der Waals surface area (Å²) < 4.78 is 18.9. The molecule has 0 aliphatic carbocycles. The average molecular weight is 270 g/mol. The smallest absolute Gasteiger partial charge is 0.137 e. The van der Waals surface area contributed by atoms with Crippen LogP contribution < -0.4 is 5.73 Å². The Bertz CT molecular complexity index is 481. The van der Waals surface area contributed by atoms with E-state index in [0.29, 0.717) is 22.5 Å². The minimum Gasteiger partial charge on any atom is -0.460 e. The van der Waals surface area contributed by atoms with Gasteiger partial charge in [-0.25, -0.2) is 4.39 Å². The molecule has 0 amide bonds. The lowest BCUT2D eigenvalue weighted by atomic mass is 10.2. The molecule has 1 aromatic heterocycles. The van der Waals surface area contributed by atoms with Crippen LogP contribution in [0.25, 0.3) is 11.3 Å². The van der Waals surface area contributed by atoms with Gasteiger partial charge in [-0.3, -0.25) is 0 Å². The van der Waals surface area contributed by atoms with Gasteiger partial charge in [-0.2, -0.15) is 0 Å². The first-order valence-electron chi connectivity index (χ1n) is 4.45. The van der Waals surface area contributed by atoms with Crippen LogP contribution in [0.1, 0.15) is 5.76 Å². The average Bonchev–Trinajstić information content (AvgIpc) is 2.70. The molecule has 2 N–H and O–H groups in total. The third-order valence-electron chi connectivity index (χ3n) is 2.07. The highest BCUT2D eigenvalue weighted by atomic mass is 79.9. The van der Waals surface area contributed by atoms with Crippen molar-refractivity contribution in [3.63, 3.8) is 0 Å². The molecule has 0 fully saturated rings. The molecule has 2 nitrogen and oxygen atoms in total. The van der Waals surface area contributed by atoms with Crippen molar-refractivity contribution in [3.8, 4) is 11.3 Å². The van der Waals surface area contributed by atoms with Gasteiger partial charge in [-0.05, 0) is 46.3 Å². The van der Waals surface area contributed by atoms with Crippen molar-refractivity contribution in [2.45, 2.75) is 6.54 Å². The Kier molecular flexibility index (Phi) is 2.88. The molecule has 78 valence electrons. The lowest BCUT2D eigenvalue weighted by molar-refractivity contribution is 0.525. The normalized spacial score (nSPS) is 10.6. The zero-order chi connectivity index (χ0) is 10.8. The first-order valence-corrected chi connectivity index (χ1v) is 5.24. The lowest BCUT2D eigenvalue weighted by Crippen LogP contribution is -1.92. The number of rotatable bonds is 2. The molecule has 0 atom stereocenters. The minimum absolute atomic E-state index is 0.288. The summed E-state index contributed by atoms with van der Waals surface area (Å²) in [7, 11) is 0. The molecule has 0 aliphatic rings. The molecule has 0 radical (unpaired) electrons. The van der Waals surface area contributed by atoms with Crippen LogP contribution in [0.4, 0.5) is 4.39 Å². The van der Waals surface area contributed by atoms with Gasteiger partial charge in [0.05, 0.1) is 11.0 Å². The fraction of sp³-hybridized carbons (Fsp3) is 0.0909. The molecule has 0 aliphatic heterocycles. The van der Waals surface area contributed by atoms with E-state index in [1.165, 1.54) is 6.07 Å². The molecular formula is C11H9BrFNO. The second kappa shape index (κ2) is 4.16. The molecule has 15 heavy (non-hydrogen) atoms. The van der Waals surface area contributed by atoms with Crippen molar-refractivity contribution in [1.82, 2.24) is 0 Å². The number of furan rings is 1. The summed E-state index contributed by atoms with van der Waals surface area (Å²) in [5.74, 6) is 1.12. The standard InChI is InChI=1S/C11H9BrFNO/c12-9-5-7(1-3-10(9)13)11-4-2-8(6-14)15-11/h1-5H,6,14H2. The van der Waals surface area contributed by atoms with Crippen molar-refractivity contribution >= 4 is 15.9 Å². The molecule has 0 bridgehead atoms. The van der Waals surface area contributed by atoms with Crippen molar-refractivity contribution in [3.05, 3.63) is 46.4 Å². The van der Waals surface area contributed by atoms with Crippen LogP contribution in [0.2, 0.25) is 0 Å². The Labute approximate surface area is 95.0 Å². The first-order chi connectivity index (χ1) is 7.20. The third-order valence-corrected chi connectivity index (χ3v) is 2.67. The summed E-state index contributed by atoms with van der Waals surface area (Å²) in [6.45, 7) is 0.363. The summed E-state index contributed by atoms with van der Waals surface area (Å²) in [5.41, 5.74) is 6.25. The van der Waals surface area contributed by atoms with Gasteiger partial charge in [0.1, 0.15) is 17.3 Å². The topological polar surface area (TPSA) is 39.2 Å². The highest BCUT2D eigenvalue weighted by molar-refractivity contribution is 9.10. The zero-order valence-corrected chi connectivity index (χ0v) is 9.42. The molecule has 2 rings (SSSR count). The van der Waals surface area contributed by atoms with E-state index in [-0.39, 0.29) is 5.82 Å². The van der Waals surface area contributed by atoms with Crippen LogP contribution in [-0.2, 0) is 6.54 Å². The van der Waals surface area contributed by atoms with Gasteiger partial charge >= 0.3 is 0 Å². The van der Waals surface area contributed by atoms with Gasteiger partial charge in [0.15, 0.2) is 0 Å². The summed E-state index contributed by atoms with van der Waals surface area (Å²) in [5, 5.41) is 0. The Balaban J connectivity index is 2.40. The Morgan fingerprint density at radius 1 is 1.27 bits per heavy atom. The van der Waals surface area contributed by atoms with Crippen LogP contribution >= 0.6 is 15.9 Å². The second-order valence-electron chi connectivity index (χ2n) is 3.10. The van der Waals surface area contributed by atoms with Gasteiger partial charge in [0.25, 0.3) is 0 Å². The summed E-state index contributed by atoms with van der Waals surface area (Å²) in [6.07, 6.45) is 0. The zero-order valence-electron chi connectivity index (χ0n) is 7.84. The van der Waals surface area contributed by atoms with E-state index in [0.717, 1.165) is 5.56 Å². The predicted molar refractivity (Wildman–Crippen MR) is 59.7 cm³/mol. The predicted octanol–water partition coefficient (Wildman–Crippen LogP) is 3.31. The fourth-order valence-corrected chi connectivity index (χ4v) is 1.67. The maximum Gasteiger partial charge on any atom is 0.137 e. The molecule has 0 unspecified atom stereocenters. The molecule has 4 heteroatoms. The fourth-order valence-electron chi connectivity index (χ4n) is 1.29. The van der Waals surface area contributed by atoms with Gasteiger partial charge < -0.3 is 10.2 Å². The molecule has 2 aromatic rings. The van der Waals surface area contributed by atoms with E-state index in [2.05, 4.69) is 15.9 Å². The molecular weight excluding hydrogens is 261 g/mol. The lowest BCUT2D eigenvalue weighted by Gasteiger charge is -1.99. The van der Waals surface area contributed by atoms with Gasteiger partial charge in [0.2, 0.25) is 0 Å². The number of benzene rings is 1. The molecule has 0 saturated heterocycles. The minimum atomic E-state index is -0.288. The molecule has 1 heterocycles. The van der Waals surface area contributed by atoms with Crippen LogP contribution in [0.15, 0.2) is 39.2 Å². The first kappa shape index (κ1) is 10.4. The summed E-state index contributed by atoms with van der Waals surface area (Å²) >= 11 is 3.13. The Hall–Kier alpha value is -1.13. The van der Waals surface area contributed by atoms with Gasteiger partial charge in [0, 0.05) is 5.56 Å². The number of hydrogen-bond acceptors (Lipinski definition) is 2. The Morgan fingerprint density at radius 3 is 2.67 bits per heavy atom. The monoisotopic (exact) mass is 269 g/mol. The largest absolute Gasteiger partial charge is 0.460 e. The maximum atomic E-state index is 13.0. The van der Waals surface area contributed by atoms with E-state index in [1.54, 1.807) is 12.1 Å².